The minimum Gasteiger partial charge on any atom is -0.359 e. The molecule has 0 saturated carbocycles. The van der Waals surface area contributed by atoms with E-state index in [4.69, 9.17) is 0 Å². The van der Waals surface area contributed by atoms with Gasteiger partial charge in [-0.15, -0.1) is 0 Å². The van der Waals surface area contributed by atoms with Gasteiger partial charge in [0, 0.05) is 18.0 Å². The zero-order valence-electron chi connectivity index (χ0n) is 8.44. The molecule has 0 aliphatic carbocycles. The number of nitrogens with one attached hydrogen (secondary N) is 1. The summed E-state index contributed by atoms with van der Waals surface area (Å²) in [6.07, 6.45) is 3.81. The summed E-state index contributed by atoms with van der Waals surface area (Å²) in [4.78, 5) is 7.63. The maximum absolute atomic E-state index is 4.44. The number of rotatable bonds is 1. The number of pyridine rings is 1. The van der Waals surface area contributed by atoms with Crippen LogP contribution in [0.4, 0.5) is 0 Å². The van der Waals surface area contributed by atoms with Crippen molar-refractivity contribution in [2.75, 3.05) is 0 Å². The standard InChI is InChI=1S/C13H9BrN2/c14-11-8-15-12-6-10(7-16-13(11)12)9-4-2-1-3-5-9/h1-8,15H. The number of H-pyrrole nitrogens is 1. The Bertz CT molecular complexity index is 629. The van der Waals surface area contributed by atoms with Crippen LogP contribution in [0.25, 0.3) is 22.2 Å². The van der Waals surface area contributed by atoms with Crippen molar-refractivity contribution in [3.05, 3.63) is 53.3 Å². The van der Waals surface area contributed by atoms with E-state index in [2.05, 4.69) is 44.1 Å². The third kappa shape index (κ3) is 1.53. The molecular formula is C13H9BrN2. The van der Waals surface area contributed by atoms with Gasteiger partial charge in [-0.2, -0.15) is 0 Å². The molecule has 0 amide bonds. The predicted molar refractivity (Wildman–Crippen MR) is 69.2 cm³/mol. The highest BCUT2D eigenvalue weighted by atomic mass is 79.9. The van der Waals surface area contributed by atoms with E-state index in [0.29, 0.717) is 0 Å². The molecule has 0 unspecified atom stereocenters. The summed E-state index contributed by atoms with van der Waals surface area (Å²) in [7, 11) is 0. The molecule has 0 aliphatic rings. The molecule has 3 rings (SSSR count). The molecule has 0 spiro atoms. The average Bonchev–Trinajstić information content (AvgIpc) is 2.72. The molecule has 1 N–H and O–H groups in total. The van der Waals surface area contributed by atoms with Crippen molar-refractivity contribution < 1.29 is 0 Å². The molecule has 2 aromatic heterocycles. The molecule has 78 valence electrons. The van der Waals surface area contributed by atoms with E-state index in [9.17, 15) is 0 Å². The second kappa shape index (κ2) is 3.76. The topological polar surface area (TPSA) is 28.7 Å². The fourth-order valence-corrected chi connectivity index (χ4v) is 2.19. The van der Waals surface area contributed by atoms with Crippen LogP contribution in [0.1, 0.15) is 0 Å². The van der Waals surface area contributed by atoms with E-state index >= 15 is 0 Å². The fraction of sp³-hybridized carbons (Fsp3) is 0. The molecule has 3 heteroatoms. The number of aromatic amines is 1. The Labute approximate surface area is 101 Å². The van der Waals surface area contributed by atoms with Gasteiger partial charge in [-0.25, -0.2) is 0 Å². The molecule has 3 aromatic rings. The lowest BCUT2D eigenvalue weighted by Crippen LogP contribution is -1.80. The third-order valence-corrected chi connectivity index (χ3v) is 3.18. The smallest absolute Gasteiger partial charge is 0.102 e. The van der Waals surface area contributed by atoms with Crippen LogP contribution < -0.4 is 0 Å². The largest absolute Gasteiger partial charge is 0.359 e. The Morgan fingerprint density at radius 1 is 1.06 bits per heavy atom. The highest BCUT2D eigenvalue weighted by Crippen LogP contribution is 2.25. The van der Waals surface area contributed by atoms with Gasteiger partial charge in [0.2, 0.25) is 0 Å². The van der Waals surface area contributed by atoms with Crippen molar-refractivity contribution in [3.8, 4) is 11.1 Å². The lowest BCUT2D eigenvalue weighted by atomic mass is 10.1. The van der Waals surface area contributed by atoms with Gasteiger partial charge in [0.05, 0.1) is 9.99 Å². The minimum absolute atomic E-state index is 0.972. The molecule has 0 fully saturated rings. The average molecular weight is 273 g/mol. The summed E-state index contributed by atoms with van der Waals surface area (Å²) in [5.74, 6) is 0. The van der Waals surface area contributed by atoms with Crippen molar-refractivity contribution in [2.24, 2.45) is 0 Å². The number of aromatic nitrogens is 2. The Morgan fingerprint density at radius 2 is 1.88 bits per heavy atom. The maximum Gasteiger partial charge on any atom is 0.102 e. The normalized spacial score (nSPS) is 10.8. The highest BCUT2D eigenvalue weighted by molar-refractivity contribution is 9.10. The van der Waals surface area contributed by atoms with Crippen molar-refractivity contribution >= 4 is 27.0 Å². The fourth-order valence-electron chi connectivity index (χ4n) is 1.76. The molecule has 0 aliphatic heterocycles. The van der Waals surface area contributed by atoms with Crippen molar-refractivity contribution in [3.63, 3.8) is 0 Å². The minimum atomic E-state index is 0.972. The zero-order valence-corrected chi connectivity index (χ0v) is 10.0. The first kappa shape index (κ1) is 9.60. The van der Waals surface area contributed by atoms with E-state index in [0.717, 1.165) is 21.1 Å². The van der Waals surface area contributed by atoms with Gasteiger partial charge in [0.25, 0.3) is 0 Å². The molecule has 2 nitrogen and oxygen atoms in total. The third-order valence-electron chi connectivity index (χ3n) is 2.58. The van der Waals surface area contributed by atoms with Gasteiger partial charge in [0.15, 0.2) is 0 Å². The number of benzene rings is 1. The number of hydrogen-bond acceptors (Lipinski definition) is 1. The van der Waals surface area contributed by atoms with Gasteiger partial charge in [0.1, 0.15) is 5.52 Å². The lowest BCUT2D eigenvalue weighted by molar-refractivity contribution is 1.40. The summed E-state index contributed by atoms with van der Waals surface area (Å²) >= 11 is 3.45. The van der Waals surface area contributed by atoms with Crippen LogP contribution in [0.15, 0.2) is 53.3 Å². The highest BCUT2D eigenvalue weighted by Gasteiger charge is 2.04. The molecule has 2 heterocycles. The second-order valence-electron chi connectivity index (χ2n) is 3.62. The number of nitrogens with zero attached hydrogens (tertiary/aromatic N) is 1. The molecule has 0 bridgehead atoms. The van der Waals surface area contributed by atoms with Gasteiger partial charge < -0.3 is 4.98 Å². The van der Waals surface area contributed by atoms with Crippen LogP contribution in [0.2, 0.25) is 0 Å². The van der Waals surface area contributed by atoms with E-state index in [1.54, 1.807) is 0 Å². The predicted octanol–water partition coefficient (Wildman–Crippen LogP) is 3.99. The van der Waals surface area contributed by atoms with Crippen LogP contribution in [-0.2, 0) is 0 Å². The lowest BCUT2D eigenvalue weighted by Gasteiger charge is -2.00. The quantitative estimate of drug-likeness (QED) is 0.713. The van der Waals surface area contributed by atoms with Crippen LogP contribution in [0, 0.1) is 0 Å². The van der Waals surface area contributed by atoms with Crippen LogP contribution in [-0.4, -0.2) is 9.97 Å². The Balaban J connectivity index is 2.19. The Kier molecular flexibility index (Phi) is 2.26. The first-order chi connectivity index (χ1) is 7.84. The summed E-state index contributed by atoms with van der Waals surface area (Å²) < 4.78 is 1.00. The Hall–Kier alpha value is -1.61. The summed E-state index contributed by atoms with van der Waals surface area (Å²) in [5.41, 5.74) is 4.33. The van der Waals surface area contributed by atoms with Crippen molar-refractivity contribution in [1.82, 2.24) is 9.97 Å². The monoisotopic (exact) mass is 272 g/mol. The number of fused-ring (bicyclic) bond motifs is 1. The molecule has 0 radical (unpaired) electrons. The van der Waals surface area contributed by atoms with Crippen LogP contribution in [0.3, 0.4) is 0 Å². The summed E-state index contributed by atoms with van der Waals surface area (Å²) in [5, 5.41) is 0. The molecule has 16 heavy (non-hydrogen) atoms. The maximum atomic E-state index is 4.44. The summed E-state index contributed by atoms with van der Waals surface area (Å²) in [6, 6.07) is 12.4. The van der Waals surface area contributed by atoms with Crippen molar-refractivity contribution in [1.29, 1.82) is 0 Å². The van der Waals surface area contributed by atoms with Crippen LogP contribution >= 0.6 is 15.9 Å². The Morgan fingerprint density at radius 3 is 2.69 bits per heavy atom. The first-order valence-electron chi connectivity index (χ1n) is 5.02. The zero-order chi connectivity index (χ0) is 11.0. The number of hydrogen-bond donors (Lipinski definition) is 1. The van der Waals surface area contributed by atoms with Gasteiger partial charge >= 0.3 is 0 Å². The van der Waals surface area contributed by atoms with Crippen molar-refractivity contribution in [2.45, 2.75) is 0 Å². The molecule has 0 saturated heterocycles. The van der Waals surface area contributed by atoms with E-state index in [-0.39, 0.29) is 0 Å². The SMILES string of the molecule is Brc1c[nH]c2cc(-c3ccccc3)cnc12. The summed E-state index contributed by atoms with van der Waals surface area (Å²) in [6.45, 7) is 0. The molecule has 1 aromatic carbocycles. The molecule has 0 atom stereocenters. The van der Waals surface area contributed by atoms with E-state index < -0.39 is 0 Å². The number of halogens is 1. The van der Waals surface area contributed by atoms with Gasteiger partial charge in [-0.05, 0) is 27.6 Å². The first-order valence-corrected chi connectivity index (χ1v) is 5.82. The van der Waals surface area contributed by atoms with Gasteiger partial charge in [-0.1, -0.05) is 30.3 Å². The second-order valence-corrected chi connectivity index (χ2v) is 4.48. The van der Waals surface area contributed by atoms with E-state index in [1.165, 1.54) is 5.56 Å². The van der Waals surface area contributed by atoms with Gasteiger partial charge in [-0.3, -0.25) is 4.98 Å². The van der Waals surface area contributed by atoms with Crippen LogP contribution in [0.5, 0.6) is 0 Å². The van der Waals surface area contributed by atoms with E-state index in [1.807, 2.05) is 30.6 Å². The molecular weight excluding hydrogens is 264 g/mol.